The molecule has 0 amide bonds. The second kappa shape index (κ2) is 4.92. The van der Waals surface area contributed by atoms with Crippen LogP contribution in [0.3, 0.4) is 0 Å². The Kier molecular flexibility index (Phi) is 3.23. The summed E-state index contributed by atoms with van der Waals surface area (Å²) in [6, 6.07) is 8.26. The van der Waals surface area contributed by atoms with Gasteiger partial charge in [-0.15, -0.1) is 11.3 Å². The van der Waals surface area contributed by atoms with Crippen LogP contribution in [-0.4, -0.2) is 10.2 Å². The Bertz CT molecular complexity index is 779. The molecular formula is C14H11ClFN3S. The summed E-state index contributed by atoms with van der Waals surface area (Å²) in [6.45, 7) is 2.03. The van der Waals surface area contributed by atoms with Crippen molar-refractivity contribution in [3.05, 3.63) is 46.0 Å². The minimum Gasteiger partial charge on any atom is -0.382 e. The zero-order valence-electron chi connectivity index (χ0n) is 10.6. The van der Waals surface area contributed by atoms with Crippen LogP contribution >= 0.6 is 22.9 Å². The van der Waals surface area contributed by atoms with E-state index < -0.39 is 0 Å². The number of thiophene rings is 1. The molecule has 3 rings (SSSR count). The predicted molar refractivity (Wildman–Crippen MR) is 81.5 cm³/mol. The maximum Gasteiger partial charge on any atom is 0.153 e. The maximum absolute atomic E-state index is 13.2. The van der Waals surface area contributed by atoms with E-state index in [2.05, 4.69) is 10.2 Å². The number of nitrogens with two attached hydrogens (primary N) is 1. The van der Waals surface area contributed by atoms with E-state index in [1.807, 2.05) is 19.1 Å². The van der Waals surface area contributed by atoms with Gasteiger partial charge in [-0.2, -0.15) is 5.10 Å². The lowest BCUT2D eigenvalue weighted by Crippen LogP contribution is -1.89. The van der Waals surface area contributed by atoms with Crippen molar-refractivity contribution in [2.24, 2.45) is 0 Å². The molecule has 0 aliphatic heterocycles. The van der Waals surface area contributed by atoms with E-state index in [9.17, 15) is 4.39 Å². The van der Waals surface area contributed by atoms with Crippen LogP contribution in [0.15, 0.2) is 30.3 Å². The maximum atomic E-state index is 13.2. The van der Waals surface area contributed by atoms with Crippen LogP contribution < -0.4 is 5.73 Å². The molecule has 0 aliphatic rings. The van der Waals surface area contributed by atoms with Gasteiger partial charge in [-0.25, -0.2) is 4.39 Å². The molecule has 1 aromatic carbocycles. The molecule has 6 heteroatoms. The summed E-state index contributed by atoms with van der Waals surface area (Å²) in [4.78, 5) is 2.20. The molecule has 20 heavy (non-hydrogen) atoms. The Labute approximate surface area is 124 Å². The third kappa shape index (κ3) is 2.19. The Balaban J connectivity index is 2.21. The van der Waals surface area contributed by atoms with Gasteiger partial charge >= 0.3 is 0 Å². The number of nitrogens with zero attached hydrogens (tertiary/aromatic N) is 1. The Morgan fingerprint density at radius 3 is 2.75 bits per heavy atom. The number of aromatic nitrogens is 2. The van der Waals surface area contributed by atoms with Crippen LogP contribution in [0.2, 0.25) is 5.02 Å². The highest BCUT2D eigenvalue weighted by Crippen LogP contribution is 2.40. The van der Waals surface area contributed by atoms with Crippen molar-refractivity contribution in [1.82, 2.24) is 10.2 Å². The number of hydrogen-bond donors (Lipinski definition) is 2. The van der Waals surface area contributed by atoms with Gasteiger partial charge in [-0.05, 0) is 37.3 Å². The van der Waals surface area contributed by atoms with Gasteiger partial charge in [0.15, 0.2) is 5.82 Å². The summed E-state index contributed by atoms with van der Waals surface area (Å²) in [5, 5.41) is 7.29. The molecule has 3 aromatic rings. The molecule has 0 atom stereocenters. The summed E-state index contributed by atoms with van der Waals surface area (Å²) < 4.78 is 13.2. The van der Waals surface area contributed by atoms with Gasteiger partial charge in [0, 0.05) is 10.4 Å². The average Bonchev–Trinajstić information content (AvgIpc) is 2.96. The number of aromatic amines is 1. The number of rotatable bonds is 2. The molecule has 3 nitrogen and oxygen atoms in total. The first-order valence-corrected chi connectivity index (χ1v) is 7.12. The molecule has 0 saturated heterocycles. The third-order valence-corrected chi connectivity index (χ3v) is 4.31. The van der Waals surface area contributed by atoms with Crippen molar-refractivity contribution in [1.29, 1.82) is 0 Å². The first-order chi connectivity index (χ1) is 9.56. The Morgan fingerprint density at radius 1 is 1.30 bits per heavy atom. The standard InChI is InChI=1S/C14H11ClFN3S/c1-7-2-5-11(20-7)13-12(14(17)19-18-13)9-4-3-8(16)6-10(9)15/h2-6H,1H3,(H3,17,18,19). The average molecular weight is 308 g/mol. The monoisotopic (exact) mass is 307 g/mol. The lowest BCUT2D eigenvalue weighted by Gasteiger charge is -2.05. The van der Waals surface area contributed by atoms with E-state index >= 15 is 0 Å². The van der Waals surface area contributed by atoms with Crippen LogP contribution in [0.1, 0.15) is 4.88 Å². The van der Waals surface area contributed by atoms with Crippen molar-refractivity contribution in [2.45, 2.75) is 6.92 Å². The van der Waals surface area contributed by atoms with E-state index in [1.165, 1.54) is 17.0 Å². The number of H-pyrrole nitrogens is 1. The van der Waals surface area contributed by atoms with E-state index in [0.29, 0.717) is 22.0 Å². The highest BCUT2D eigenvalue weighted by Gasteiger charge is 2.18. The van der Waals surface area contributed by atoms with Gasteiger partial charge in [-0.3, -0.25) is 5.10 Å². The van der Waals surface area contributed by atoms with Gasteiger partial charge in [0.2, 0.25) is 0 Å². The Morgan fingerprint density at radius 2 is 2.10 bits per heavy atom. The molecule has 3 N–H and O–H groups in total. The van der Waals surface area contributed by atoms with Gasteiger partial charge in [0.05, 0.1) is 21.2 Å². The van der Waals surface area contributed by atoms with E-state index in [1.54, 1.807) is 17.4 Å². The van der Waals surface area contributed by atoms with E-state index in [0.717, 1.165) is 10.6 Å². The van der Waals surface area contributed by atoms with Crippen molar-refractivity contribution < 1.29 is 4.39 Å². The molecule has 0 aliphatic carbocycles. The molecule has 0 radical (unpaired) electrons. The largest absolute Gasteiger partial charge is 0.382 e. The topological polar surface area (TPSA) is 54.7 Å². The number of nitrogens with one attached hydrogen (secondary N) is 1. The number of nitrogen functional groups attached to an aromatic ring is 1. The van der Waals surface area contributed by atoms with Gasteiger partial charge in [-0.1, -0.05) is 11.6 Å². The first-order valence-electron chi connectivity index (χ1n) is 5.92. The molecular weight excluding hydrogens is 297 g/mol. The van der Waals surface area contributed by atoms with Crippen molar-refractivity contribution in [2.75, 3.05) is 5.73 Å². The normalized spacial score (nSPS) is 10.9. The Hall–Kier alpha value is -1.85. The highest BCUT2D eigenvalue weighted by molar-refractivity contribution is 7.15. The van der Waals surface area contributed by atoms with Crippen LogP contribution in [0.5, 0.6) is 0 Å². The molecule has 102 valence electrons. The molecule has 2 heterocycles. The molecule has 0 saturated carbocycles. The summed E-state index contributed by atoms with van der Waals surface area (Å²) >= 11 is 7.75. The first kappa shape index (κ1) is 13.1. The van der Waals surface area contributed by atoms with Crippen molar-refractivity contribution >= 4 is 28.8 Å². The summed E-state index contributed by atoms with van der Waals surface area (Å²) in [6.07, 6.45) is 0. The van der Waals surface area contributed by atoms with Gasteiger partial charge < -0.3 is 5.73 Å². The molecule has 2 aromatic heterocycles. The second-order valence-electron chi connectivity index (χ2n) is 4.39. The number of anilines is 1. The zero-order valence-corrected chi connectivity index (χ0v) is 12.1. The SMILES string of the molecule is Cc1ccc(-c2[nH]nc(N)c2-c2ccc(F)cc2Cl)s1. The van der Waals surface area contributed by atoms with Crippen LogP contribution in [0.25, 0.3) is 21.7 Å². The fraction of sp³-hybridized carbons (Fsp3) is 0.0714. The number of aryl methyl sites for hydroxylation is 1. The van der Waals surface area contributed by atoms with Crippen LogP contribution in [-0.2, 0) is 0 Å². The number of hydrogen-bond acceptors (Lipinski definition) is 3. The lowest BCUT2D eigenvalue weighted by molar-refractivity contribution is 0.628. The summed E-state index contributed by atoms with van der Waals surface area (Å²) in [5.74, 6) is -0.0334. The van der Waals surface area contributed by atoms with Gasteiger partial charge in [0.25, 0.3) is 0 Å². The summed E-state index contributed by atoms with van der Waals surface area (Å²) in [5.41, 5.74) is 8.11. The van der Waals surface area contributed by atoms with Gasteiger partial charge in [0.1, 0.15) is 5.82 Å². The predicted octanol–water partition coefficient (Wildman–Crippen LogP) is 4.49. The number of halogens is 2. The van der Waals surface area contributed by atoms with E-state index in [4.69, 9.17) is 17.3 Å². The molecule has 0 unspecified atom stereocenters. The molecule has 0 fully saturated rings. The fourth-order valence-corrected chi connectivity index (χ4v) is 3.20. The van der Waals surface area contributed by atoms with E-state index in [-0.39, 0.29) is 5.82 Å². The number of benzene rings is 1. The van der Waals surface area contributed by atoms with Crippen molar-refractivity contribution in [3.63, 3.8) is 0 Å². The molecule has 0 bridgehead atoms. The third-order valence-electron chi connectivity index (χ3n) is 2.98. The lowest BCUT2D eigenvalue weighted by atomic mass is 10.0. The van der Waals surface area contributed by atoms with Crippen molar-refractivity contribution in [3.8, 4) is 21.7 Å². The summed E-state index contributed by atoms with van der Waals surface area (Å²) in [7, 11) is 0. The smallest absolute Gasteiger partial charge is 0.153 e. The zero-order chi connectivity index (χ0) is 14.3. The molecule has 0 spiro atoms. The highest BCUT2D eigenvalue weighted by atomic mass is 35.5. The minimum absolute atomic E-state index is 0.313. The van der Waals surface area contributed by atoms with Crippen LogP contribution in [0.4, 0.5) is 10.2 Å². The fourth-order valence-electron chi connectivity index (χ4n) is 2.07. The minimum atomic E-state index is -0.380. The van der Waals surface area contributed by atoms with Crippen LogP contribution in [0, 0.1) is 12.7 Å². The quantitative estimate of drug-likeness (QED) is 0.733. The second-order valence-corrected chi connectivity index (χ2v) is 6.09.